The van der Waals surface area contributed by atoms with Crippen LogP contribution in [0.5, 0.6) is 0 Å². The first-order valence-electron chi connectivity index (χ1n) is 3.77. The number of carbonyl (C=O) groups is 1. The van der Waals surface area contributed by atoms with Gasteiger partial charge in [0.2, 0.25) is 0 Å². The molecule has 0 fully saturated rings. The normalized spacial score (nSPS) is 9.77. The van der Waals surface area contributed by atoms with Crippen LogP contribution in [0.3, 0.4) is 0 Å². The van der Waals surface area contributed by atoms with Crippen LogP contribution in [-0.2, 0) is 4.74 Å². The van der Waals surface area contributed by atoms with Gasteiger partial charge in [0.25, 0.3) is 0 Å². The highest BCUT2D eigenvalue weighted by atomic mass is 35.5. The van der Waals surface area contributed by atoms with Crippen molar-refractivity contribution in [2.24, 2.45) is 0 Å². The molecule has 0 heterocycles. The van der Waals surface area contributed by atoms with E-state index in [0.717, 1.165) is 6.07 Å². The molecule has 13 heavy (non-hydrogen) atoms. The second kappa shape index (κ2) is 4.23. The Bertz CT molecular complexity index is 325. The van der Waals surface area contributed by atoms with Gasteiger partial charge >= 0.3 is 5.97 Å². The van der Waals surface area contributed by atoms with Crippen LogP contribution in [0.2, 0.25) is 5.02 Å². The van der Waals surface area contributed by atoms with E-state index in [4.69, 9.17) is 11.6 Å². The summed E-state index contributed by atoms with van der Waals surface area (Å²) in [6, 6.07) is 3.75. The van der Waals surface area contributed by atoms with Gasteiger partial charge in [-0.3, -0.25) is 0 Å². The first-order chi connectivity index (χ1) is 6.15. The molecule has 0 N–H and O–H groups in total. The third-order valence-electron chi connectivity index (χ3n) is 1.42. The van der Waals surface area contributed by atoms with Crippen LogP contribution in [0.15, 0.2) is 18.2 Å². The number of benzene rings is 1. The van der Waals surface area contributed by atoms with Crippen molar-refractivity contribution in [3.8, 4) is 0 Å². The SMILES string of the molecule is CCOC(=O)c1cc(Cl)ccc1F. The molecule has 1 aromatic carbocycles. The highest BCUT2D eigenvalue weighted by Gasteiger charge is 2.12. The second-order valence-electron chi connectivity index (χ2n) is 2.34. The summed E-state index contributed by atoms with van der Waals surface area (Å²) in [6.45, 7) is 1.87. The van der Waals surface area contributed by atoms with Crippen molar-refractivity contribution in [3.05, 3.63) is 34.6 Å². The van der Waals surface area contributed by atoms with Crippen LogP contribution in [0, 0.1) is 5.82 Å². The Balaban J connectivity index is 2.99. The van der Waals surface area contributed by atoms with Gasteiger partial charge < -0.3 is 4.74 Å². The summed E-state index contributed by atoms with van der Waals surface area (Å²) in [4.78, 5) is 11.1. The zero-order valence-electron chi connectivity index (χ0n) is 7.01. The van der Waals surface area contributed by atoms with Gasteiger partial charge in [-0.25, -0.2) is 9.18 Å². The highest BCUT2D eigenvalue weighted by Crippen LogP contribution is 2.15. The number of halogens is 2. The molecular weight excluding hydrogens is 195 g/mol. The standard InChI is InChI=1S/C9H8ClFO2/c1-2-13-9(12)7-5-6(10)3-4-8(7)11/h3-5H,2H2,1H3. The summed E-state index contributed by atoms with van der Waals surface area (Å²) in [7, 11) is 0. The molecule has 0 unspecified atom stereocenters. The lowest BCUT2D eigenvalue weighted by molar-refractivity contribution is 0.0521. The average molecular weight is 203 g/mol. The molecule has 0 saturated heterocycles. The van der Waals surface area contributed by atoms with Gasteiger partial charge in [-0.15, -0.1) is 0 Å². The van der Waals surface area contributed by atoms with Crippen molar-refractivity contribution in [1.82, 2.24) is 0 Å². The number of hydrogen-bond donors (Lipinski definition) is 0. The van der Waals surface area contributed by atoms with Gasteiger partial charge in [-0.1, -0.05) is 11.6 Å². The Labute approximate surface area is 80.3 Å². The molecule has 0 aliphatic carbocycles. The van der Waals surface area contributed by atoms with Gasteiger partial charge in [0.1, 0.15) is 5.82 Å². The number of esters is 1. The fourth-order valence-electron chi connectivity index (χ4n) is 0.863. The lowest BCUT2D eigenvalue weighted by atomic mass is 10.2. The van der Waals surface area contributed by atoms with Crippen molar-refractivity contribution in [2.75, 3.05) is 6.61 Å². The maximum atomic E-state index is 13.0. The summed E-state index contributed by atoms with van der Waals surface area (Å²) in [5, 5.41) is 0.310. The second-order valence-corrected chi connectivity index (χ2v) is 2.78. The number of rotatable bonds is 2. The Morgan fingerprint density at radius 3 is 2.92 bits per heavy atom. The molecule has 2 nitrogen and oxygen atoms in total. The first kappa shape index (κ1) is 9.99. The molecular formula is C9H8ClFO2. The molecule has 0 aliphatic heterocycles. The monoisotopic (exact) mass is 202 g/mol. The van der Waals surface area contributed by atoms with Gasteiger partial charge in [0.05, 0.1) is 12.2 Å². The Kier molecular flexibility index (Phi) is 3.25. The van der Waals surface area contributed by atoms with E-state index in [1.165, 1.54) is 12.1 Å². The fourth-order valence-corrected chi connectivity index (χ4v) is 1.03. The van der Waals surface area contributed by atoms with E-state index in [9.17, 15) is 9.18 Å². The van der Waals surface area contributed by atoms with Crippen molar-refractivity contribution < 1.29 is 13.9 Å². The highest BCUT2D eigenvalue weighted by molar-refractivity contribution is 6.30. The summed E-state index contributed by atoms with van der Waals surface area (Å²) in [5.74, 6) is -1.31. The van der Waals surface area contributed by atoms with E-state index in [1.54, 1.807) is 6.92 Å². The van der Waals surface area contributed by atoms with Gasteiger partial charge in [-0.05, 0) is 25.1 Å². The minimum atomic E-state index is -0.692. The summed E-state index contributed by atoms with van der Waals surface area (Å²) < 4.78 is 17.6. The maximum Gasteiger partial charge on any atom is 0.341 e. The van der Waals surface area contributed by atoms with Gasteiger partial charge in [-0.2, -0.15) is 0 Å². The molecule has 4 heteroatoms. The van der Waals surface area contributed by atoms with Crippen LogP contribution < -0.4 is 0 Å². The lowest BCUT2D eigenvalue weighted by Crippen LogP contribution is -2.06. The smallest absolute Gasteiger partial charge is 0.341 e. The van der Waals surface area contributed by atoms with Crippen LogP contribution >= 0.6 is 11.6 Å². The lowest BCUT2D eigenvalue weighted by Gasteiger charge is -2.02. The average Bonchev–Trinajstić information content (AvgIpc) is 2.09. The summed E-state index contributed by atoms with van der Waals surface area (Å²) >= 11 is 5.59. The van der Waals surface area contributed by atoms with E-state index >= 15 is 0 Å². The third-order valence-corrected chi connectivity index (χ3v) is 1.66. The fraction of sp³-hybridized carbons (Fsp3) is 0.222. The van der Waals surface area contributed by atoms with Crippen molar-refractivity contribution in [2.45, 2.75) is 6.92 Å². The minimum Gasteiger partial charge on any atom is -0.462 e. The molecule has 1 rings (SSSR count). The molecule has 0 aliphatic rings. The van der Waals surface area contributed by atoms with Gasteiger partial charge in [0, 0.05) is 5.02 Å². The van der Waals surface area contributed by atoms with E-state index in [1.807, 2.05) is 0 Å². The van der Waals surface area contributed by atoms with Crippen molar-refractivity contribution >= 4 is 17.6 Å². The Hall–Kier alpha value is -1.09. The molecule has 70 valence electrons. The predicted octanol–water partition coefficient (Wildman–Crippen LogP) is 2.66. The largest absolute Gasteiger partial charge is 0.462 e. The third kappa shape index (κ3) is 2.42. The molecule has 0 spiro atoms. The molecule has 0 radical (unpaired) electrons. The number of hydrogen-bond acceptors (Lipinski definition) is 2. The molecule has 0 bridgehead atoms. The van der Waals surface area contributed by atoms with Crippen LogP contribution in [0.4, 0.5) is 4.39 Å². The van der Waals surface area contributed by atoms with Crippen molar-refractivity contribution in [1.29, 1.82) is 0 Å². The molecule has 0 saturated carbocycles. The predicted molar refractivity (Wildman–Crippen MR) is 47.4 cm³/mol. The van der Waals surface area contributed by atoms with Crippen LogP contribution in [0.1, 0.15) is 17.3 Å². The minimum absolute atomic E-state index is 0.130. The zero-order valence-corrected chi connectivity index (χ0v) is 7.77. The van der Waals surface area contributed by atoms with Gasteiger partial charge in [0.15, 0.2) is 0 Å². The Morgan fingerprint density at radius 1 is 1.62 bits per heavy atom. The van der Waals surface area contributed by atoms with Crippen LogP contribution in [-0.4, -0.2) is 12.6 Å². The van der Waals surface area contributed by atoms with E-state index in [0.29, 0.717) is 5.02 Å². The zero-order chi connectivity index (χ0) is 9.84. The topological polar surface area (TPSA) is 26.3 Å². The first-order valence-corrected chi connectivity index (χ1v) is 4.15. The molecule has 0 aromatic heterocycles. The molecule has 1 aromatic rings. The van der Waals surface area contributed by atoms with E-state index in [-0.39, 0.29) is 12.2 Å². The molecule has 0 atom stereocenters. The van der Waals surface area contributed by atoms with Crippen LogP contribution in [0.25, 0.3) is 0 Å². The summed E-state index contributed by atoms with van der Waals surface area (Å²) in [6.07, 6.45) is 0. The quantitative estimate of drug-likeness (QED) is 0.690. The Morgan fingerprint density at radius 2 is 2.31 bits per heavy atom. The summed E-state index contributed by atoms with van der Waals surface area (Å²) in [5.41, 5.74) is -0.130. The number of ether oxygens (including phenoxy) is 1. The van der Waals surface area contributed by atoms with E-state index < -0.39 is 11.8 Å². The number of carbonyl (C=O) groups excluding carboxylic acids is 1. The maximum absolute atomic E-state index is 13.0. The van der Waals surface area contributed by atoms with Crippen molar-refractivity contribution in [3.63, 3.8) is 0 Å². The molecule has 0 amide bonds. The van der Waals surface area contributed by atoms with E-state index in [2.05, 4.69) is 4.74 Å².